The molecule has 0 saturated carbocycles. The molecular weight excluding hydrogens is 268 g/mol. The molecule has 1 heterocycles. The van der Waals surface area contributed by atoms with Crippen LogP contribution in [0.25, 0.3) is 0 Å². The van der Waals surface area contributed by atoms with Crippen molar-refractivity contribution in [3.8, 4) is 0 Å². The molecule has 0 radical (unpaired) electrons. The van der Waals surface area contributed by atoms with E-state index in [0.29, 0.717) is 12.2 Å². The van der Waals surface area contributed by atoms with Crippen molar-refractivity contribution in [2.45, 2.75) is 46.3 Å². The van der Waals surface area contributed by atoms with Gasteiger partial charge in [-0.1, -0.05) is 11.6 Å². The van der Waals surface area contributed by atoms with Crippen molar-refractivity contribution in [3.05, 3.63) is 21.6 Å². The van der Waals surface area contributed by atoms with Gasteiger partial charge in [-0.3, -0.25) is 9.59 Å². The van der Waals surface area contributed by atoms with E-state index in [-0.39, 0.29) is 22.5 Å². The Labute approximate surface area is 117 Å². The zero-order chi connectivity index (χ0) is 14.6. The summed E-state index contributed by atoms with van der Waals surface area (Å²) in [5.74, 6) is -0.161. The number of rotatable bonds is 5. The smallest absolute Gasteiger partial charge is 0.287 e. The van der Waals surface area contributed by atoms with Crippen molar-refractivity contribution < 1.29 is 4.79 Å². The van der Waals surface area contributed by atoms with Crippen molar-refractivity contribution in [2.24, 2.45) is 0 Å². The largest absolute Gasteiger partial charge is 0.371 e. The molecular formula is C12H19ClN4O2. The van der Waals surface area contributed by atoms with Gasteiger partial charge in [-0.2, -0.15) is 5.10 Å². The zero-order valence-corrected chi connectivity index (χ0v) is 12.3. The highest BCUT2D eigenvalue weighted by Crippen LogP contribution is 2.16. The molecule has 2 N–H and O–H groups in total. The van der Waals surface area contributed by atoms with Crippen LogP contribution in [0.4, 0.5) is 5.69 Å². The molecule has 0 spiro atoms. The minimum Gasteiger partial charge on any atom is -0.371 e. The second kappa shape index (κ2) is 6.56. The van der Waals surface area contributed by atoms with E-state index in [1.54, 1.807) is 13.8 Å². The van der Waals surface area contributed by atoms with Crippen LogP contribution in [0.1, 0.15) is 27.7 Å². The number of nitrogens with one attached hydrogen (secondary N) is 2. The van der Waals surface area contributed by atoms with Crippen molar-refractivity contribution >= 4 is 23.2 Å². The predicted molar refractivity (Wildman–Crippen MR) is 75.5 cm³/mol. The van der Waals surface area contributed by atoms with Crippen molar-refractivity contribution in [2.75, 3.05) is 5.32 Å². The maximum Gasteiger partial charge on any atom is 0.287 e. The van der Waals surface area contributed by atoms with E-state index in [1.165, 1.54) is 10.9 Å². The number of carbonyl (C=O) groups excluding carboxylic acids is 1. The first kappa shape index (κ1) is 15.5. The molecule has 0 saturated heterocycles. The Balaban J connectivity index is 2.86. The minimum absolute atomic E-state index is 0.0426. The van der Waals surface area contributed by atoms with Crippen molar-refractivity contribution in [1.29, 1.82) is 0 Å². The molecule has 6 nitrogen and oxygen atoms in total. The van der Waals surface area contributed by atoms with E-state index in [1.807, 2.05) is 13.8 Å². The van der Waals surface area contributed by atoms with E-state index >= 15 is 0 Å². The number of hydrogen-bond acceptors (Lipinski definition) is 4. The summed E-state index contributed by atoms with van der Waals surface area (Å²) in [4.78, 5) is 23.5. The fraction of sp³-hybridized carbons (Fsp3) is 0.583. The summed E-state index contributed by atoms with van der Waals surface area (Å²) >= 11 is 5.96. The number of aromatic nitrogens is 2. The highest BCUT2D eigenvalue weighted by molar-refractivity contribution is 6.33. The minimum atomic E-state index is -0.501. The fourth-order valence-corrected chi connectivity index (χ4v) is 1.70. The molecule has 0 aliphatic heterocycles. The van der Waals surface area contributed by atoms with Gasteiger partial charge in [0.2, 0.25) is 5.91 Å². The van der Waals surface area contributed by atoms with Gasteiger partial charge in [-0.15, -0.1) is 0 Å². The summed E-state index contributed by atoms with van der Waals surface area (Å²) < 4.78 is 1.26. The lowest BCUT2D eigenvalue weighted by molar-refractivity contribution is -0.122. The topological polar surface area (TPSA) is 76.0 Å². The van der Waals surface area contributed by atoms with Gasteiger partial charge in [0.15, 0.2) is 0 Å². The van der Waals surface area contributed by atoms with E-state index in [0.717, 1.165) is 0 Å². The Bertz CT molecular complexity index is 513. The van der Waals surface area contributed by atoms with Gasteiger partial charge in [-0.05, 0) is 27.7 Å². The van der Waals surface area contributed by atoms with Gasteiger partial charge in [0.25, 0.3) is 5.56 Å². The number of hydrogen-bond donors (Lipinski definition) is 2. The standard InChI is InChI=1S/C12H19ClN4O2/c1-5-17-12(19)10(13)9(6-14-17)16-8(4)11(18)15-7(2)3/h6-8,16H,5H2,1-4H3,(H,15,18). The van der Waals surface area contributed by atoms with Crippen LogP contribution >= 0.6 is 11.6 Å². The number of carbonyl (C=O) groups is 1. The zero-order valence-electron chi connectivity index (χ0n) is 11.5. The molecule has 0 bridgehead atoms. The first-order chi connectivity index (χ1) is 8.86. The molecule has 1 unspecified atom stereocenters. The highest BCUT2D eigenvalue weighted by Gasteiger charge is 2.16. The summed E-state index contributed by atoms with van der Waals surface area (Å²) in [6.07, 6.45) is 1.45. The molecule has 1 rings (SSSR count). The molecule has 1 amide bonds. The molecule has 106 valence electrons. The lowest BCUT2D eigenvalue weighted by Gasteiger charge is -2.17. The van der Waals surface area contributed by atoms with Crippen LogP contribution in [0.3, 0.4) is 0 Å². The van der Waals surface area contributed by atoms with Crippen molar-refractivity contribution in [1.82, 2.24) is 15.1 Å². The first-order valence-corrected chi connectivity index (χ1v) is 6.57. The Morgan fingerprint density at radius 1 is 1.47 bits per heavy atom. The summed E-state index contributed by atoms with van der Waals surface area (Å²) in [5, 5.41) is 9.66. The molecule has 19 heavy (non-hydrogen) atoms. The number of amides is 1. The van der Waals surface area contributed by atoms with E-state index < -0.39 is 6.04 Å². The van der Waals surface area contributed by atoms with Gasteiger partial charge in [0.1, 0.15) is 11.1 Å². The third-order valence-electron chi connectivity index (χ3n) is 2.48. The van der Waals surface area contributed by atoms with E-state index in [9.17, 15) is 9.59 Å². The SMILES string of the molecule is CCn1ncc(NC(C)C(=O)NC(C)C)c(Cl)c1=O. The Kier molecular flexibility index (Phi) is 5.35. The Morgan fingerprint density at radius 2 is 2.11 bits per heavy atom. The number of anilines is 1. The third-order valence-corrected chi connectivity index (χ3v) is 2.85. The monoisotopic (exact) mass is 286 g/mol. The number of nitrogens with zero attached hydrogens (tertiary/aromatic N) is 2. The summed E-state index contributed by atoms with van der Waals surface area (Å²) in [6.45, 7) is 7.70. The van der Waals surface area contributed by atoms with Gasteiger partial charge in [0.05, 0.1) is 11.9 Å². The molecule has 0 aromatic carbocycles. The van der Waals surface area contributed by atoms with E-state index in [2.05, 4.69) is 15.7 Å². The fourth-order valence-electron chi connectivity index (χ4n) is 1.50. The quantitative estimate of drug-likeness (QED) is 0.854. The van der Waals surface area contributed by atoms with Crippen LogP contribution in [-0.2, 0) is 11.3 Å². The van der Waals surface area contributed by atoms with Gasteiger partial charge in [-0.25, -0.2) is 4.68 Å². The number of aryl methyl sites for hydroxylation is 1. The van der Waals surface area contributed by atoms with Gasteiger partial charge < -0.3 is 10.6 Å². The van der Waals surface area contributed by atoms with Crippen LogP contribution in [-0.4, -0.2) is 27.8 Å². The van der Waals surface area contributed by atoms with Crippen LogP contribution in [0, 0.1) is 0 Å². The highest BCUT2D eigenvalue weighted by atomic mass is 35.5. The summed E-state index contributed by atoms with van der Waals surface area (Å²) in [5.41, 5.74) is -0.00610. The summed E-state index contributed by atoms with van der Waals surface area (Å²) in [7, 11) is 0. The molecule has 7 heteroatoms. The lowest BCUT2D eigenvalue weighted by atomic mass is 10.2. The van der Waals surface area contributed by atoms with Crippen molar-refractivity contribution in [3.63, 3.8) is 0 Å². The molecule has 1 aromatic rings. The average Bonchev–Trinajstić information content (AvgIpc) is 2.34. The maximum atomic E-state index is 11.8. The molecule has 0 fully saturated rings. The number of halogens is 1. The van der Waals surface area contributed by atoms with Crippen LogP contribution < -0.4 is 16.2 Å². The molecule has 0 aliphatic carbocycles. The molecule has 1 atom stereocenters. The van der Waals surface area contributed by atoms with Crippen LogP contribution in [0.15, 0.2) is 11.0 Å². The normalized spacial score (nSPS) is 12.3. The second-order valence-corrected chi connectivity index (χ2v) is 4.90. The Hall–Kier alpha value is -1.56. The van der Waals surface area contributed by atoms with Gasteiger partial charge >= 0.3 is 0 Å². The van der Waals surface area contributed by atoms with Crippen LogP contribution in [0.2, 0.25) is 5.02 Å². The lowest BCUT2D eigenvalue weighted by Crippen LogP contribution is -2.41. The van der Waals surface area contributed by atoms with E-state index in [4.69, 9.17) is 11.6 Å². The molecule has 0 aliphatic rings. The molecule has 1 aromatic heterocycles. The Morgan fingerprint density at radius 3 is 2.63 bits per heavy atom. The predicted octanol–water partition coefficient (Wildman–Crippen LogP) is 1.24. The maximum absolute atomic E-state index is 11.8. The summed E-state index contributed by atoms with van der Waals surface area (Å²) in [6, 6.07) is -0.447. The van der Waals surface area contributed by atoms with Gasteiger partial charge in [0, 0.05) is 12.6 Å². The average molecular weight is 287 g/mol. The van der Waals surface area contributed by atoms with Crippen LogP contribution in [0.5, 0.6) is 0 Å². The second-order valence-electron chi connectivity index (χ2n) is 4.52. The third kappa shape index (κ3) is 3.96. The first-order valence-electron chi connectivity index (χ1n) is 6.19.